The molecule has 1 aliphatic rings. The van der Waals surface area contributed by atoms with E-state index in [1.54, 1.807) is 6.33 Å². The van der Waals surface area contributed by atoms with Crippen molar-refractivity contribution in [3.63, 3.8) is 0 Å². The predicted octanol–water partition coefficient (Wildman–Crippen LogP) is 4.47. The van der Waals surface area contributed by atoms with Crippen LogP contribution in [0.5, 0.6) is 11.5 Å². The van der Waals surface area contributed by atoms with Gasteiger partial charge in [0.15, 0.2) is 16.7 Å². The van der Waals surface area contributed by atoms with Crippen molar-refractivity contribution in [2.24, 2.45) is 0 Å². The summed E-state index contributed by atoms with van der Waals surface area (Å²) in [7, 11) is 1.33. The molecule has 184 valence electrons. The first-order chi connectivity index (χ1) is 17.5. The lowest BCUT2D eigenvalue weighted by molar-refractivity contribution is -0.113. The molecule has 3 heterocycles. The number of nitrogens with zero attached hydrogens (tertiary/aromatic N) is 3. The molecule has 0 unspecified atom stereocenters. The number of para-hydroxylation sites is 1. The van der Waals surface area contributed by atoms with Crippen LogP contribution in [0, 0.1) is 6.92 Å². The number of aryl methyl sites for hydroxylation is 1. The standard InChI is InChI=1S/C25H22N4O5S2/c1-15-18(10-16-8-9-19-20(11-16)34-14-33-19)22(24(31)32-2)23(36-15)27-21(30)12-35-25-28-26-13-29(25)17-6-4-3-5-7-17/h3-9,11,13H,10,12,14H2,1-2H3,(H,27,30). The lowest BCUT2D eigenvalue weighted by Gasteiger charge is -2.09. The van der Waals surface area contributed by atoms with Gasteiger partial charge in [-0.05, 0) is 48.7 Å². The Morgan fingerprint density at radius 2 is 1.97 bits per heavy atom. The summed E-state index contributed by atoms with van der Waals surface area (Å²) in [5, 5.41) is 12.0. The molecule has 11 heteroatoms. The number of thiophene rings is 1. The maximum atomic E-state index is 12.9. The van der Waals surface area contributed by atoms with E-state index in [9.17, 15) is 9.59 Å². The zero-order valence-electron chi connectivity index (χ0n) is 19.5. The number of ether oxygens (including phenoxy) is 3. The number of hydrogen-bond donors (Lipinski definition) is 1. The Balaban J connectivity index is 1.32. The van der Waals surface area contributed by atoms with Gasteiger partial charge in [0, 0.05) is 10.6 Å². The van der Waals surface area contributed by atoms with Crippen molar-refractivity contribution in [2.75, 3.05) is 25.0 Å². The van der Waals surface area contributed by atoms with Crippen LogP contribution < -0.4 is 14.8 Å². The highest BCUT2D eigenvalue weighted by molar-refractivity contribution is 7.99. The van der Waals surface area contributed by atoms with Crippen molar-refractivity contribution in [3.05, 3.63) is 76.4 Å². The average molecular weight is 523 g/mol. The molecule has 2 aromatic heterocycles. The highest BCUT2D eigenvalue weighted by Crippen LogP contribution is 2.38. The summed E-state index contributed by atoms with van der Waals surface area (Å²) in [6.07, 6.45) is 2.09. The van der Waals surface area contributed by atoms with E-state index in [4.69, 9.17) is 14.2 Å². The van der Waals surface area contributed by atoms with E-state index in [0.29, 0.717) is 33.6 Å². The van der Waals surface area contributed by atoms with E-state index in [0.717, 1.165) is 21.7 Å². The Labute approximate surface area is 215 Å². The predicted molar refractivity (Wildman–Crippen MR) is 136 cm³/mol. The largest absolute Gasteiger partial charge is 0.465 e. The first kappa shape index (κ1) is 23.9. The van der Waals surface area contributed by atoms with E-state index < -0.39 is 5.97 Å². The first-order valence-corrected chi connectivity index (χ1v) is 12.8. The van der Waals surface area contributed by atoms with Crippen LogP contribution >= 0.6 is 23.1 Å². The van der Waals surface area contributed by atoms with Crippen molar-refractivity contribution in [1.29, 1.82) is 0 Å². The third-order valence-corrected chi connectivity index (χ3v) is 7.56. The summed E-state index contributed by atoms with van der Waals surface area (Å²) in [5.74, 6) is 0.711. The molecular weight excluding hydrogens is 500 g/mol. The number of benzene rings is 2. The molecule has 0 spiro atoms. The molecule has 0 bridgehead atoms. The number of carbonyl (C=O) groups excluding carboxylic acids is 2. The quantitative estimate of drug-likeness (QED) is 0.267. The minimum absolute atomic E-state index is 0.0978. The smallest absolute Gasteiger partial charge is 0.341 e. The highest BCUT2D eigenvalue weighted by atomic mass is 32.2. The van der Waals surface area contributed by atoms with Gasteiger partial charge in [0.05, 0.1) is 18.4 Å². The minimum Gasteiger partial charge on any atom is -0.465 e. The molecule has 0 saturated heterocycles. The summed E-state index contributed by atoms with van der Waals surface area (Å²) in [6.45, 7) is 2.12. The van der Waals surface area contributed by atoms with Crippen LogP contribution in [0.4, 0.5) is 5.00 Å². The van der Waals surface area contributed by atoms with E-state index in [1.807, 2.05) is 60.0 Å². The van der Waals surface area contributed by atoms with Gasteiger partial charge in [-0.15, -0.1) is 21.5 Å². The number of anilines is 1. The van der Waals surface area contributed by atoms with Gasteiger partial charge in [0.1, 0.15) is 11.3 Å². The summed E-state index contributed by atoms with van der Waals surface area (Å²) in [5.41, 5.74) is 3.03. The van der Waals surface area contributed by atoms with E-state index in [1.165, 1.54) is 30.2 Å². The average Bonchev–Trinajstić information content (AvgIpc) is 3.62. The molecule has 4 aromatic rings. The fourth-order valence-corrected chi connectivity index (χ4v) is 5.64. The third kappa shape index (κ3) is 4.93. The van der Waals surface area contributed by atoms with Gasteiger partial charge in [0.25, 0.3) is 0 Å². The monoisotopic (exact) mass is 522 g/mol. The molecule has 0 aliphatic carbocycles. The molecule has 5 rings (SSSR count). The van der Waals surface area contributed by atoms with Crippen LogP contribution in [0.15, 0.2) is 60.0 Å². The van der Waals surface area contributed by atoms with Crippen LogP contribution in [0.2, 0.25) is 0 Å². The number of nitrogens with one attached hydrogen (secondary N) is 1. The number of fused-ring (bicyclic) bond motifs is 1. The van der Waals surface area contributed by atoms with E-state index in [-0.39, 0.29) is 18.5 Å². The van der Waals surface area contributed by atoms with Gasteiger partial charge >= 0.3 is 5.97 Å². The molecule has 2 aromatic carbocycles. The number of aromatic nitrogens is 3. The minimum atomic E-state index is -0.498. The second kappa shape index (κ2) is 10.4. The van der Waals surface area contributed by atoms with Gasteiger partial charge in [0.2, 0.25) is 12.7 Å². The van der Waals surface area contributed by atoms with Crippen molar-refractivity contribution >= 4 is 40.0 Å². The molecule has 1 N–H and O–H groups in total. The molecule has 1 aliphatic heterocycles. The Kier molecular flexibility index (Phi) is 6.92. The molecule has 0 atom stereocenters. The lowest BCUT2D eigenvalue weighted by atomic mass is 10.0. The number of methoxy groups -OCH3 is 1. The van der Waals surface area contributed by atoms with Crippen molar-refractivity contribution in [2.45, 2.75) is 18.5 Å². The maximum Gasteiger partial charge on any atom is 0.341 e. The molecule has 0 saturated carbocycles. The fraction of sp³-hybridized carbons (Fsp3) is 0.200. The van der Waals surface area contributed by atoms with Crippen molar-refractivity contribution in [1.82, 2.24) is 14.8 Å². The van der Waals surface area contributed by atoms with Gasteiger partial charge in [-0.25, -0.2) is 4.79 Å². The number of esters is 1. The molecule has 0 radical (unpaired) electrons. The van der Waals surface area contributed by atoms with E-state index in [2.05, 4.69) is 15.5 Å². The van der Waals surface area contributed by atoms with Crippen LogP contribution in [0.1, 0.15) is 26.4 Å². The maximum absolute atomic E-state index is 12.9. The highest BCUT2D eigenvalue weighted by Gasteiger charge is 2.25. The molecule has 1 amide bonds. The summed E-state index contributed by atoms with van der Waals surface area (Å²) in [4.78, 5) is 26.5. The third-order valence-electron chi connectivity index (χ3n) is 5.55. The Bertz CT molecular complexity index is 1420. The van der Waals surface area contributed by atoms with Crippen molar-refractivity contribution in [3.8, 4) is 17.2 Å². The van der Waals surface area contributed by atoms with Crippen LogP contribution in [-0.2, 0) is 16.0 Å². The van der Waals surface area contributed by atoms with E-state index >= 15 is 0 Å². The summed E-state index contributed by atoms with van der Waals surface area (Å²) < 4.78 is 17.7. The molecular formula is C25H22N4O5S2. The fourth-order valence-electron chi connectivity index (χ4n) is 3.83. The summed E-state index contributed by atoms with van der Waals surface area (Å²) in [6, 6.07) is 15.3. The molecule has 0 fully saturated rings. The molecule has 9 nitrogen and oxygen atoms in total. The lowest BCUT2D eigenvalue weighted by Crippen LogP contribution is -2.16. The summed E-state index contributed by atoms with van der Waals surface area (Å²) >= 11 is 2.61. The molecule has 36 heavy (non-hydrogen) atoms. The van der Waals surface area contributed by atoms with Crippen LogP contribution in [-0.4, -0.2) is 46.3 Å². The number of thioether (sulfide) groups is 1. The Hall–Kier alpha value is -3.83. The SMILES string of the molecule is COC(=O)c1c(NC(=O)CSc2nncn2-c2ccccc2)sc(C)c1Cc1ccc2c(c1)OCO2. The van der Waals surface area contributed by atoms with Crippen LogP contribution in [0.3, 0.4) is 0 Å². The van der Waals surface area contributed by atoms with Crippen molar-refractivity contribution < 1.29 is 23.8 Å². The zero-order chi connectivity index (χ0) is 25.1. The van der Waals surface area contributed by atoms with Gasteiger partial charge in [-0.3, -0.25) is 9.36 Å². The number of hydrogen-bond acceptors (Lipinski definition) is 9. The van der Waals surface area contributed by atoms with Gasteiger partial charge in [-0.1, -0.05) is 36.0 Å². The number of rotatable bonds is 8. The van der Waals surface area contributed by atoms with Gasteiger partial charge < -0.3 is 19.5 Å². The normalized spacial score (nSPS) is 11.9. The number of amides is 1. The first-order valence-electron chi connectivity index (χ1n) is 11.0. The topological polar surface area (TPSA) is 105 Å². The van der Waals surface area contributed by atoms with Crippen LogP contribution in [0.25, 0.3) is 5.69 Å². The Morgan fingerprint density at radius 1 is 1.17 bits per heavy atom. The second-order valence-electron chi connectivity index (χ2n) is 7.85. The van der Waals surface area contributed by atoms with Gasteiger partial charge in [-0.2, -0.15) is 0 Å². The Morgan fingerprint density at radius 3 is 2.78 bits per heavy atom. The number of carbonyl (C=O) groups is 2. The second-order valence-corrected chi connectivity index (χ2v) is 10.0. The zero-order valence-corrected chi connectivity index (χ0v) is 21.1.